The van der Waals surface area contributed by atoms with Crippen LogP contribution in [0.4, 0.5) is 17.1 Å². The molecule has 0 radical (unpaired) electrons. The maximum Gasteiger partial charge on any atom is 0.0726 e. The maximum atomic E-state index is 2.55. The fourth-order valence-corrected chi connectivity index (χ4v) is 12.1. The lowest BCUT2D eigenvalue weighted by atomic mass is 9.68. The van der Waals surface area contributed by atoms with E-state index in [2.05, 4.69) is 234 Å². The van der Waals surface area contributed by atoms with Crippen molar-refractivity contribution in [3.8, 4) is 33.4 Å². The van der Waals surface area contributed by atoms with Crippen LogP contribution in [0.3, 0.4) is 0 Å². The molecule has 12 rings (SSSR count). The maximum absolute atomic E-state index is 2.55. The monoisotopic (exact) mass is 827 g/mol. The van der Waals surface area contributed by atoms with Gasteiger partial charge in [0.05, 0.1) is 15.8 Å². The number of benzene rings is 9. The van der Waals surface area contributed by atoms with Crippen LogP contribution < -0.4 is 4.90 Å². The molecule has 1 spiro atoms. The summed E-state index contributed by atoms with van der Waals surface area (Å²) in [6.45, 7) is 14.0. The van der Waals surface area contributed by atoms with Crippen molar-refractivity contribution < 1.29 is 0 Å². The predicted molar refractivity (Wildman–Crippen MR) is 271 cm³/mol. The molecule has 0 unspecified atom stereocenters. The lowest BCUT2D eigenvalue weighted by Gasteiger charge is -2.34. The molecular formula is C61H49NS. The van der Waals surface area contributed by atoms with Crippen LogP contribution in [0.5, 0.6) is 0 Å². The molecule has 0 amide bonds. The molecule has 2 heteroatoms. The van der Waals surface area contributed by atoms with Crippen LogP contribution in [-0.2, 0) is 16.2 Å². The summed E-state index contributed by atoms with van der Waals surface area (Å²) in [5, 5.41) is 5.20. The SMILES string of the molecule is CC(C)(C)c1ccc2c(c1)C1(c3ccccc3-c3ccc(N(c4ccc(-c5ccccc5)cc4)c4cccc5c4sc4ccc6ccccc6c45)cc31)c1cc(C(C)(C)C)ccc1-2. The average Bonchev–Trinajstić information content (AvgIpc) is 3.93. The number of nitrogens with zero attached hydrogens (tertiary/aromatic N) is 1. The highest BCUT2D eigenvalue weighted by Gasteiger charge is 2.52. The molecular weight excluding hydrogens is 779 g/mol. The molecule has 10 aromatic rings. The Morgan fingerprint density at radius 1 is 0.413 bits per heavy atom. The summed E-state index contributed by atoms with van der Waals surface area (Å²) in [5.74, 6) is 0. The Balaban J connectivity index is 1.15. The molecule has 1 nitrogen and oxygen atoms in total. The van der Waals surface area contributed by atoms with Crippen LogP contribution in [0, 0.1) is 0 Å². The number of anilines is 3. The molecule has 304 valence electrons. The minimum absolute atomic E-state index is 0.0126. The van der Waals surface area contributed by atoms with Crippen LogP contribution in [0.15, 0.2) is 188 Å². The van der Waals surface area contributed by atoms with Crippen LogP contribution in [0.2, 0.25) is 0 Å². The van der Waals surface area contributed by atoms with Crippen LogP contribution >= 0.6 is 11.3 Å². The second-order valence-electron chi connectivity index (χ2n) is 19.7. The van der Waals surface area contributed by atoms with E-state index in [9.17, 15) is 0 Å². The summed E-state index contributed by atoms with van der Waals surface area (Å²) in [5.41, 5.74) is 18.9. The Morgan fingerprint density at radius 2 is 0.968 bits per heavy atom. The fraction of sp³-hybridized carbons (Fsp3) is 0.148. The zero-order chi connectivity index (χ0) is 42.8. The van der Waals surface area contributed by atoms with Gasteiger partial charge in [-0.3, -0.25) is 0 Å². The highest BCUT2D eigenvalue weighted by atomic mass is 32.1. The first-order chi connectivity index (χ1) is 30.5. The van der Waals surface area contributed by atoms with Gasteiger partial charge in [-0.25, -0.2) is 0 Å². The van der Waals surface area contributed by atoms with Gasteiger partial charge in [-0.05, 0) is 125 Å². The molecule has 0 saturated heterocycles. The van der Waals surface area contributed by atoms with E-state index in [1.807, 2.05) is 11.3 Å². The van der Waals surface area contributed by atoms with E-state index < -0.39 is 5.41 Å². The molecule has 1 aromatic heterocycles. The Bertz CT molecular complexity index is 3400. The van der Waals surface area contributed by atoms with E-state index in [0.717, 1.165) is 11.4 Å². The van der Waals surface area contributed by atoms with Gasteiger partial charge >= 0.3 is 0 Å². The van der Waals surface area contributed by atoms with Gasteiger partial charge in [-0.1, -0.05) is 193 Å². The van der Waals surface area contributed by atoms with Crippen LogP contribution in [-0.4, -0.2) is 0 Å². The first-order valence-electron chi connectivity index (χ1n) is 22.3. The smallest absolute Gasteiger partial charge is 0.0726 e. The van der Waals surface area contributed by atoms with Gasteiger partial charge in [0.2, 0.25) is 0 Å². The molecule has 0 N–H and O–H groups in total. The normalized spacial score (nSPS) is 13.7. The number of hydrogen-bond donors (Lipinski definition) is 0. The molecule has 0 aliphatic heterocycles. The van der Waals surface area contributed by atoms with Crippen molar-refractivity contribution >= 4 is 59.3 Å². The summed E-state index contributed by atoms with van der Waals surface area (Å²) in [7, 11) is 0. The summed E-state index contributed by atoms with van der Waals surface area (Å²) < 4.78 is 2.60. The first-order valence-corrected chi connectivity index (χ1v) is 23.2. The first kappa shape index (κ1) is 38.0. The van der Waals surface area contributed by atoms with Crippen molar-refractivity contribution in [1.29, 1.82) is 0 Å². The van der Waals surface area contributed by atoms with Gasteiger partial charge < -0.3 is 4.90 Å². The highest BCUT2D eigenvalue weighted by Crippen LogP contribution is 2.64. The highest BCUT2D eigenvalue weighted by molar-refractivity contribution is 7.26. The van der Waals surface area contributed by atoms with Gasteiger partial charge in [-0.15, -0.1) is 11.3 Å². The number of hydrogen-bond acceptors (Lipinski definition) is 2. The van der Waals surface area contributed by atoms with E-state index in [1.165, 1.54) is 103 Å². The van der Waals surface area contributed by atoms with Crippen LogP contribution in [0.1, 0.15) is 74.9 Å². The fourth-order valence-electron chi connectivity index (χ4n) is 10.8. The predicted octanol–water partition coefficient (Wildman–Crippen LogP) is 17.3. The summed E-state index contributed by atoms with van der Waals surface area (Å²) in [4.78, 5) is 2.53. The van der Waals surface area contributed by atoms with E-state index in [-0.39, 0.29) is 10.8 Å². The van der Waals surface area contributed by atoms with Crippen molar-refractivity contribution in [3.05, 3.63) is 221 Å². The summed E-state index contributed by atoms with van der Waals surface area (Å²) in [6, 6.07) is 71.4. The van der Waals surface area contributed by atoms with E-state index in [1.54, 1.807) is 0 Å². The van der Waals surface area contributed by atoms with E-state index in [0.29, 0.717) is 0 Å². The third kappa shape index (κ3) is 5.60. The lowest BCUT2D eigenvalue weighted by Crippen LogP contribution is -2.27. The molecule has 63 heavy (non-hydrogen) atoms. The lowest BCUT2D eigenvalue weighted by molar-refractivity contribution is 0.586. The molecule has 0 fully saturated rings. The molecule has 0 bridgehead atoms. The molecule has 1 heterocycles. The number of thiophene rings is 1. The molecule has 0 atom stereocenters. The van der Waals surface area contributed by atoms with E-state index >= 15 is 0 Å². The second-order valence-corrected chi connectivity index (χ2v) is 20.8. The quantitative estimate of drug-likeness (QED) is 0.171. The Kier molecular flexibility index (Phi) is 8.22. The summed E-state index contributed by atoms with van der Waals surface area (Å²) in [6.07, 6.45) is 0. The molecule has 9 aromatic carbocycles. The molecule has 2 aliphatic carbocycles. The van der Waals surface area contributed by atoms with Crippen molar-refractivity contribution in [3.63, 3.8) is 0 Å². The van der Waals surface area contributed by atoms with E-state index in [4.69, 9.17) is 0 Å². The van der Waals surface area contributed by atoms with Crippen molar-refractivity contribution in [2.24, 2.45) is 0 Å². The Labute approximate surface area is 374 Å². The second kappa shape index (κ2) is 13.6. The topological polar surface area (TPSA) is 3.24 Å². The zero-order valence-electron chi connectivity index (χ0n) is 36.8. The third-order valence-electron chi connectivity index (χ3n) is 14.0. The van der Waals surface area contributed by atoms with Gasteiger partial charge in [0.25, 0.3) is 0 Å². The summed E-state index contributed by atoms with van der Waals surface area (Å²) >= 11 is 1.90. The standard InChI is InChI=1S/C61H49NS/c1-59(2,3)41-26-31-47-48-32-27-42(60(4,5)6)36-53(48)61(52(47)35-41)51-21-13-12-19-46(51)49-33-30-44(37-54(49)61)62(43-28-23-39(24-29-43)38-15-8-7-9-16-38)55-22-14-20-50-57-45-18-11-10-17-40(45)25-34-56(57)63-58(50)55/h7-37H,1-6H3. The molecule has 2 aliphatic rings. The van der Waals surface area contributed by atoms with Crippen molar-refractivity contribution in [2.75, 3.05) is 4.90 Å². The average molecular weight is 828 g/mol. The Morgan fingerprint density at radius 3 is 1.67 bits per heavy atom. The van der Waals surface area contributed by atoms with Crippen LogP contribution in [0.25, 0.3) is 64.3 Å². The van der Waals surface area contributed by atoms with Gasteiger partial charge in [0, 0.05) is 26.8 Å². The van der Waals surface area contributed by atoms with Gasteiger partial charge in [-0.2, -0.15) is 0 Å². The van der Waals surface area contributed by atoms with Gasteiger partial charge in [0.1, 0.15) is 0 Å². The molecule has 0 saturated carbocycles. The minimum Gasteiger partial charge on any atom is -0.309 e. The number of rotatable bonds is 4. The zero-order valence-corrected chi connectivity index (χ0v) is 37.6. The number of fused-ring (bicyclic) bond motifs is 15. The minimum atomic E-state index is -0.500. The van der Waals surface area contributed by atoms with Gasteiger partial charge in [0.15, 0.2) is 0 Å². The largest absolute Gasteiger partial charge is 0.309 e. The third-order valence-corrected chi connectivity index (χ3v) is 15.2. The van der Waals surface area contributed by atoms with Crippen molar-refractivity contribution in [2.45, 2.75) is 57.8 Å². The Hall–Kier alpha value is -6.74. The van der Waals surface area contributed by atoms with Crippen molar-refractivity contribution in [1.82, 2.24) is 0 Å².